The molecule has 0 aliphatic heterocycles. The lowest BCUT2D eigenvalue weighted by Crippen LogP contribution is -2.42. The van der Waals surface area contributed by atoms with Crippen molar-refractivity contribution in [1.29, 1.82) is 0 Å². The van der Waals surface area contributed by atoms with Gasteiger partial charge in [0.25, 0.3) is 10.0 Å². The highest BCUT2D eigenvalue weighted by Crippen LogP contribution is 2.33. The van der Waals surface area contributed by atoms with Crippen molar-refractivity contribution < 1.29 is 17.9 Å². The molecule has 6 nitrogen and oxygen atoms in total. The third-order valence-electron chi connectivity index (χ3n) is 5.59. The van der Waals surface area contributed by atoms with Gasteiger partial charge in [0.15, 0.2) is 0 Å². The molecule has 0 saturated carbocycles. The van der Waals surface area contributed by atoms with Gasteiger partial charge >= 0.3 is 0 Å². The molecule has 186 valence electrons. The number of thioether (sulfide) groups is 1. The van der Waals surface area contributed by atoms with Gasteiger partial charge in [-0.25, -0.2) is 8.42 Å². The van der Waals surface area contributed by atoms with Crippen LogP contribution in [0.15, 0.2) is 82.6 Å². The topological polar surface area (TPSA) is 75.7 Å². The zero-order valence-corrected chi connectivity index (χ0v) is 22.2. The minimum absolute atomic E-state index is 0.111. The molecule has 0 aliphatic rings. The van der Waals surface area contributed by atoms with E-state index in [9.17, 15) is 13.2 Å². The summed E-state index contributed by atoms with van der Waals surface area (Å²) in [6, 6.07) is 21.3. The normalized spacial score (nSPS) is 12.1. The van der Waals surface area contributed by atoms with E-state index in [2.05, 4.69) is 5.32 Å². The quantitative estimate of drug-likeness (QED) is 0.340. The van der Waals surface area contributed by atoms with Gasteiger partial charge in [-0.1, -0.05) is 48.9 Å². The summed E-state index contributed by atoms with van der Waals surface area (Å²) in [6.07, 6.45) is 2.60. The van der Waals surface area contributed by atoms with E-state index < -0.39 is 15.9 Å². The smallest absolute Gasteiger partial charge is 0.264 e. The number of hydrogen-bond donors (Lipinski definition) is 1. The summed E-state index contributed by atoms with van der Waals surface area (Å²) in [4.78, 5) is 14.3. The highest BCUT2D eigenvalue weighted by atomic mass is 32.2. The second-order valence-corrected chi connectivity index (χ2v) is 10.8. The summed E-state index contributed by atoms with van der Waals surface area (Å²) in [6.45, 7) is 5.81. The third kappa shape index (κ3) is 6.58. The molecule has 0 bridgehead atoms. The minimum Gasteiger partial charge on any atom is -0.492 e. The fourth-order valence-electron chi connectivity index (χ4n) is 3.71. The van der Waals surface area contributed by atoms with Gasteiger partial charge in [0.1, 0.15) is 12.3 Å². The number of carbonyl (C=O) groups is 1. The Morgan fingerprint density at radius 3 is 2.26 bits per heavy atom. The van der Waals surface area contributed by atoms with Crippen LogP contribution in [-0.4, -0.2) is 33.7 Å². The predicted octanol–water partition coefficient (Wildman–Crippen LogP) is 5.58. The molecular formula is C27H32N2O4S2. The van der Waals surface area contributed by atoms with Crippen LogP contribution in [0.5, 0.6) is 5.75 Å². The first-order chi connectivity index (χ1) is 16.8. The number of nitrogens with zero attached hydrogens (tertiary/aromatic N) is 1. The molecule has 0 aliphatic carbocycles. The number of hydrogen-bond acceptors (Lipinski definition) is 5. The zero-order valence-electron chi connectivity index (χ0n) is 20.5. The van der Waals surface area contributed by atoms with Crippen molar-refractivity contribution in [2.24, 2.45) is 0 Å². The number of sulfonamides is 1. The Kier molecular flexibility index (Phi) is 9.23. The summed E-state index contributed by atoms with van der Waals surface area (Å²) in [5.41, 5.74) is 2.43. The van der Waals surface area contributed by atoms with Crippen molar-refractivity contribution in [3.05, 3.63) is 83.9 Å². The zero-order chi connectivity index (χ0) is 25.4. The second kappa shape index (κ2) is 12.1. The molecule has 1 unspecified atom stereocenters. The lowest BCUT2D eigenvalue weighted by atomic mass is 10.0. The standard InChI is InChI=1S/C27H32N2O4S2/c1-5-24(21-13-11-20(3)12-14-21)28-27(30)19-29(25-9-7-8-10-26(25)33-6-2)35(31,32)23-17-15-22(34-4)16-18-23/h7-18,24H,5-6,19H2,1-4H3,(H,28,30). The van der Waals surface area contributed by atoms with Crippen LogP contribution in [0.2, 0.25) is 0 Å². The van der Waals surface area contributed by atoms with Crippen LogP contribution in [0.3, 0.4) is 0 Å². The van der Waals surface area contributed by atoms with Gasteiger partial charge in [-0.15, -0.1) is 11.8 Å². The molecule has 0 aromatic heterocycles. The molecule has 0 heterocycles. The van der Waals surface area contributed by atoms with Crippen molar-refractivity contribution in [2.75, 3.05) is 23.7 Å². The number of amides is 1. The van der Waals surface area contributed by atoms with Gasteiger partial charge in [-0.2, -0.15) is 0 Å². The Morgan fingerprint density at radius 1 is 1.00 bits per heavy atom. The third-order valence-corrected chi connectivity index (χ3v) is 8.11. The lowest BCUT2D eigenvalue weighted by Gasteiger charge is -2.27. The number of nitrogens with one attached hydrogen (secondary N) is 1. The lowest BCUT2D eigenvalue weighted by molar-refractivity contribution is -0.120. The molecule has 1 amide bonds. The van der Waals surface area contributed by atoms with Crippen molar-refractivity contribution in [2.45, 2.75) is 43.0 Å². The van der Waals surface area contributed by atoms with Gasteiger partial charge in [-0.05, 0) is 68.5 Å². The number of anilines is 1. The first-order valence-corrected chi connectivity index (χ1v) is 14.2. The van der Waals surface area contributed by atoms with E-state index >= 15 is 0 Å². The number of ether oxygens (including phenoxy) is 1. The number of carbonyl (C=O) groups excluding carboxylic acids is 1. The summed E-state index contributed by atoms with van der Waals surface area (Å²) in [5.74, 6) is 0.00530. The number of para-hydroxylation sites is 2. The monoisotopic (exact) mass is 512 g/mol. The van der Waals surface area contributed by atoms with Gasteiger partial charge in [0.2, 0.25) is 5.91 Å². The molecule has 0 spiro atoms. The van der Waals surface area contributed by atoms with Gasteiger partial charge < -0.3 is 10.1 Å². The van der Waals surface area contributed by atoms with E-state index in [4.69, 9.17) is 4.74 Å². The molecule has 1 N–H and O–H groups in total. The Balaban J connectivity index is 1.96. The summed E-state index contributed by atoms with van der Waals surface area (Å²) < 4.78 is 34.4. The van der Waals surface area contributed by atoms with Crippen molar-refractivity contribution >= 4 is 33.4 Å². The molecular weight excluding hydrogens is 480 g/mol. The van der Waals surface area contributed by atoms with E-state index in [0.717, 1.165) is 20.3 Å². The maximum Gasteiger partial charge on any atom is 0.264 e. The molecule has 3 aromatic rings. The fourth-order valence-corrected chi connectivity index (χ4v) is 5.55. The first kappa shape index (κ1) is 26.6. The molecule has 1 atom stereocenters. The van der Waals surface area contributed by atoms with Crippen LogP contribution in [0.25, 0.3) is 0 Å². The largest absolute Gasteiger partial charge is 0.492 e. The molecule has 0 saturated heterocycles. The van der Waals surface area contributed by atoms with Crippen molar-refractivity contribution in [3.8, 4) is 5.75 Å². The summed E-state index contributed by atoms with van der Waals surface area (Å²) in [5, 5.41) is 3.01. The summed E-state index contributed by atoms with van der Waals surface area (Å²) in [7, 11) is -4.04. The van der Waals surface area contributed by atoms with E-state index in [-0.39, 0.29) is 17.5 Å². The van der Waals surface area contributed by atoms with Crippen LogP contribution in [0.1, 0.15) is 37.4 Å². The Labute approximate surface area is 212 Å². The maximum absolute atomic E-state index is 13.8. The van der Waals surface area contributed by atoms with E-state index in [1.165, 1.54) is 11.8 Å². The average molecular weight is 513 g/mol. The number of aryl methyl sites for hydroxylation is 1. The second-order valence-electron chi connectivity index (χ2n) is 8.03. The van der Waals surface area contributed by atoms with Crippen LogP contribution in [0, 0.1) is 6.92 Å². The Hall–Kier alpha value is -2.97. The number of benzene rings is 3. The fraction of sp³-hybridized carbons (Fsp3) is 0.296. The summed E-state index contributed by atoms with van der Waals surface area (Å²) >= 11 is 1.53. The highest BCUT2D eigenvalue weighted by Gasteiger charge is 2.30. The van der Waals surface area contributed by atoms with Crippen molar-refractivity contribution in [1.82, 2.24) is 5.32 Å². The first-order valence-electron chi connectivity index (χ1n) is 11.5. The van der Waals surface area contributed by atoms with Gasteiger partial charge in [0, 0.05) is 4.90 Å². The molecule has 0 fully saturated rings. The average Bonchev–Trinajstić information content (AvgIpc) is 2.87. The SMILES string of the molecule is CCOc1ccccc1N(CC(=O)NC(CC)c1ccc(C)cc1)S(=O)(=O)c1ccc(SC)cc1. The maximum atomic E-state index is 13.8. The van der Waals surface area contributed by atoms with Gasteiger partial charge in [0.05, 0.1) is 23.2 Å². The molecule has 3 rings (SSSR count). The molecule has 0 radical (unpaired) electrons. The van der Waals surface area contributed by atoms with Crippen molar-refractivity contribution in [3.63, 3.8) is 0 Å². The Bertz CT molecular complexity index is 1230. The Morgan fingerprint density at radius 2 is 1.66 bits per heavy atom. The van der Waals surface area contributed by atoms with E-state index in [1.54, 1.807) is 48.5 Å². The molecule has 3 aromatic carbocycles. The van der Waals surface area contributed by atoms with Crippen LogP contribution < -0.4 is 14.4 Å². The molecule has 8 heteroatoms. The van der Waals surface area contributed by atoms with Crippen LogP contribution >= 0.6 is 11.8 Å². The van der Waals surface area contributed by atoms with E-state index in [0.29, 0.717) is 24.5 Å². The van der Waals surface area contributed by atoms with Crippen LogP contribution in [-0.2, 0) is 14.8 Å². The van der Waals surface area contributed by atoms with E-state index in [1.807, 2.05) is 51.3 Å². The minimum atomic E-state index is -4.04. The van der Waals surface area contributed by atoms with Gasteiger partial charge in [-0.3, -0.25) is 9.10 Å². The number of rotatable bonds is 11. The highest BCUT2D eigenvalue weighted by molar-refractivity contribution is 7.98. The predicted molar refractivity (Wildman–Crippen MR) is 143 cm³/mol. The molecule has 35 heavy (non-hydrogen) atoms. The van der Waals surface area contributed by atoms with Crippen LogP contribution in [0.4, 0.5) is 5.69 Å².